The number of tetrazole rings is 1. The van der Waals surface area contributed by atoms with E-state index in [0.29, 0.717) is 6.04 Å². The largest absolute Gasteiger partial charge is 0.392 e. The first-order valence-electron chi connectivity index (χ1n) is 9.10. The fraction of sp³-hybridized carbons (Fsp3) is 0.611. The lowest BCUT2D eigenvalue weighted by molar-refractivity contribution is 0.0448. The van der Waals surface area contributed by atoms with Crippen LogP contribution in [-0.2, 0) is 6.42 Å². The molecule has 1 saturated heterocycles. The minimum Gasteiger partial charge on any atom is -0.392 e. The number of para-hydroxylation sites is 1. The molecule has 1 aromatic heterocycles. The highest BCUT2D eigenvalue weighted by Crippen LogP contribution is 2.12. The molecule has 0 spiro atoms. The molecule has 2 atom stereocenters. The molecule has 2 aromatic rings. The van der Waals surface area contributed by atoms with Crippen LogP contribution in [0.3, 0.4) is 0 Å². The van der Waals surface area contributed by atoms with E-state index in [9.17, 15) is 5.11 Å². The maximum atomic E-state index is 9.58. The summed E-state index contributed by atoms with van der Waals surface area (Å²) in [7, 11) is 0. The third-order valence-electron chi connectivity index (χ3n) is 4.76. The molecule has 1 aliphatic heterocycles. The van der Waals surface area contributed by atoms with Gasteiger partial charge >= 0.3 is 0 Å². The van der Waals surface area contributed by atoms with Crippen LogP contribution in [0.25, 0.3) is 5.69 Å². The highest BCUT2D eigenvalue weighted by molar-refractivity contribution is 5.30. The summed E-state index contributed by atoms with van der Waals surface area (Å²) in [5, 5.41) is 21.7. The Kier molecular flexibility index (Phi) is 6.12. The monoisotopic (exact) mass is 344 g/mol. The smallest absolute Gasteiger partial charge is 0.156 e. The summed E-state index contributed by atoms with van der Waals surface area (Å²) >= 11 is 0. The number of piperazine rings is 1. The number of benzene rings is 1. The number of β-amino-alcohol motifs (C(OH)–C–C–N with tert-alkyl or cyclic N) is 1. The average Bonchev–Trinajstić information content (AvgIpc) is 3.06. The summed E-state index contributed by atoms with van der Waals surface area (Å²) in [5.74, 6) is 0.909. The van der Waals surface area contributed by atoms with Gasteiger partial charge in [-0.2, -0.15) is 4.68 Å². The van der Waals surface area contributed by atoms with Gasteiger partial charge in [-0.15, -0.1) is 5.10 Å². The molecule has 0 aliphatic carbocycles. The van der Waals surface area contributed by atoms with Crippen molar-refractivity contribution in [3.8, 4) is 5.69 Å². The number of aromatic nitrogens is 4. The Bertz CT molecular complexity index is 644. The minimum atomic E-state index is -0.258. The van der Waals surface area contributed by atoms with E-state index in [1.54, 1.807) is 0 Å². The molecule has 0 amide bonds. The zero-order valence-corrected chi connectivity index (χ0v) is 15.1. The molecule has 2 unspecified atom stereocenters. The van der Waals surface area contributed by atoms with Gasteiger partial charge in [-0.25, -0.2) is 0 Å². The lowest BCUT2D eigenvalue weighted by atomic mass is 10.1. The van der Waals surface area contributed by atoms with Crippen LogP contribution in [0.4, 0.5) is 0 Å². The fourth-order valence-corrected chi connectivity index (χ4v) is 3.48. The van der Waals surface area contributed by atoms with Crippen LogP contribution in [0.5, 0.6) is 0 Å². The zero-order chi connectivity index (χ0) is 17.6. The average molecular weight is 344 g/mol. The molecule has 0 radical (unpaired) electrons. The molecule has 1 N–H and O–H groups in total. The van der Waals surface area contributed by atoms with Gasteiger partial charge in [-0.3, -0.25) is 4.90 Å². The lowest BCUT2D eigenvalue weighted by Crippen LogP contribution is -2.53. The SMILES string of the molecule is CC(O)CN1CCN(CCCc2nnnn2-c2ccccc2)CC1C. The van der Waals surface area contributed by atoms with Gasteiger partial charge in [0.15, 0.2) is 5.82 Å². The number of rotatable bonds is 7. The normalized spacial score (nSPS) is 20.7. The highest BCUT2D eigenvalue weighted by atomic mass is 16.3. The quantitative estimate of drug-likeness (QED) is 0.807. The Balaban J connectivity index is 1.48. The first kappa shape index (κ1) is 18.0. The first-order chi connectivity index (χ1) is 12.1. The number of nitrogens with zero attached hydrogens (tertiary/aromatic N) is 6. The lowest BCUT2D eigenvalue weighted by Gasteiger charge is -2.40. The molecule has 1 aliphatic rings. The van der Waals surface area contributed by atoms with Crippen molar-refractivity contribution in [2.45, 2.75) is 38.8 Å². The standard InChI is InChI=1S/C18H28N6O/c1-15-13-22(11-12-23(15)14-16(2)25)10-6-9-18-19-20-21-24(18)17-7-4-3-5-8-17/h3-5,7-8,15-16,25H,6,9-14H2,1-2H3. The minimum absolute atomic E-state index is 0.258. The van der Waals surface area contributed by atoms with Crippen molar-refractivity contribution >= 4 is 0 Å². The zero-order valence-electron chi connectivity index (χ0n) is 15.1. The molecular weight excluding hydrogens is 316 g/mol. The van der Waals surface area contributed by atoms with E-state index < -0.39 is 0 Å². The maximum Gasteiger partial charge on any atom is 0.156 e. The van der Waals surface area contributed by atoms with Crippen LogP contribution in [-0.4, -0.2) is 80.0 Å². The molecule has 3 rings (SSSR count). The predicted octanol–water partition coefficient (Wildman–Crippen LogP) is 0.982. The van der Waals surface area contributed by atoms with Crippen LogP contribution >= 0.6 is 0 Å². The van der Waals surface area contributed by atoms with Gasteiger partial charge in [-0.05, 0) is 49.4 Å². The van der Waals surface area contributed by atoms with Gasteiger partial charge < -0.3 is 10.0 Å². The molecule has 7 nitrogen and oxygen atoms in total. The second-order valence-corrected chi connectivity index (χ2v) is 6.94. The second-order valence-electron chi connectivity index (χ2n) is 6.94. The van der Waals surface area contributed by atoms with Gasteiger partial charge in [0.1, 0.15) is 0 Å². The molecule has 0 saturated carbocycles. The van der Waals surface area contributed by atoms with Gasteiger partial charge in [0, 0.05) is 38.6 Å². The van der Waals surface area contributed by atoms with Crippen molar-refractivity contribution in [2.24, 2.45) is 0 Å². The summed E-state index contributed by atoms with van der Waals surface area (Å²) in [6.45, 7) is 9.04. The number of hydrogen-bond acceptors (Lipinski definition) is 6. The Morgan fingerprint density at radius 1 is 1.24 bits per heavy atom. The van der Waals surface area contributed by atoms with E-state index in [2.05, 4.69) is 32.2 Å². The van der Waals surface area contributed by atoms with Gasteiger partial charge in [0.05, 0.1) is 11.8 Å². The van der Waals surface area contributed by atoms with Crippen LogP contribution < -0.4 is 0 Å². The molecular formula is C18H28N6O. The van der Waals surface area contributed by atoms with E-state index >= 15 is 0 Å². The molecule has 136 valence electrons. The van der Waals surface area contributed by atoms with Crippen molar-refractivity contribution in [3.63, 3.8) is 0 Å². The predicted molar refractivity (Wildman–Crippen MR) is 96.6 cm³/mol. The van der Waals surface area contributed by atoms with E-state index in [4.69, 9.17) is 0 Å². The summed E-state index contributed by atoms with van der Waals surface area (Å²) in [4.78, 5) is 4.87. The second kappa shape index (κ2) is 8.51. The number of aliphatic hydroxyl groups excluding tert-OH is 1. The van der Waals surface area contributed by atoms with E-state index in [1.807, 2.05) is 41.9 Å². The van der Waals surface area contributed by atoms with Crippen LogP contribution in [0.2, 0.25) is 0 Å². The summed E-state index contributed by atoms with van der Waals surface area (Å²) in [6.07, 6.45) is 1.64. The summed E-state index contributed by atoms with van der Waals surface area (Å²) in [6, 6.07) is 10.5. The molecule has 25 heavy (non-hydrogen) atoms. The van der Waals surface area contributed by atoms with Crippen molar-refractivity contribution < 1.29 is 5.11 Å². The van der Waals surface area contributed by atoms with Crippen molar-refractivity contribution in [2.75, 3.05) is 32.7 Å². The van der Waals surface area contributed by atoms with E-state index in [0.717, 1.165) is 57.1 Å². The van der Waals surface area contributed by atoms with Gasteiger partial charge in [0.2, 0.25) is 0 Å². The van der Waals surface area contributed by atoms with Crippen LogP contribution in [0.15, 0.2) is 30.3 Å². The fourth-order valence-electron chi connectivity index (χ4n) is 3.48. The topological polar surface area (TPSA) is 70.3 Å². The molecule has 7 heteroatoms. The van der Waals surface area contributed by atoms with Gasteiger partial charge in [-0.1, -0.05) is 18.2 Å². The molecule has 1 aromatic carbocycles. The Morgan fingerprint density at radius 2 is 2.04 bits per heavy atom. The molecule has 2 heterocycles. The Labute approximate surface area is 149 Å². The summed E-state index contributed by atoms with van der Waals surface area (Å²) in [5.41, 5.74) is 1.00. The van der Waals surface area contributed by atoms with Crippen molar-refractivity contribution in [1.82, 2.24) is 30.0 Å². The number of aliphatic hydroxyl groups is 1. The van der Waals surface area contributed by atoms with Gasteiger partial charge in [0.25, 0.3) is 0 Å². The van der Waals surface area contributed by atoms with E-state index in [1.165, 1.54) is 0 Å². The van der Waals surface area contributed by atoms with Crippen molar-refractivity contribution in [1.29, 1.82) is 0 Å². The van der Waals surface area contributed by atoms with Crippen LogP contribution in [0.1, 0.15) is 26.1 Å². The first-order valence-corrected chi connectivity index (χ1v) is 9.10. The van der Waals surface area contributed by atoms with Crippen molar-refractivity contribution in [3.05, 3.63) is 36.2 Å². The Morgan fingerprint density at radius 3 is 2.76 bits per heavy atom. The summed E-state index contributed by atoms with van der Waals surface area (Å²) < 4.78 is 1.82. The molecule has 0 bridgehead atoms. The highest BCUT2D eigenvalue weighted by Gasteiger charge is 2.24. The van der Waals surface area contributed by atoms with Crippen LogP contribution in [0, 0.1) is 0 Å². The van der Waals surface area contributed by atoms with E-state index in [-0.39, 0.29) is 6.10 Å². The number of aryl methyl sites for hydroxylation is 1. The third-order valence-corrected chi connectivity index (χ3v) is 4.76. The maximum absolute atomic E-state index is 9.58. The molecule has 1 fully saturated rings. The number of hydrogen-bond donors (Lipinski definition) is 1. The Hall–Kier alpha value is -1.83. The third kappa shape index (κ3) is 4.84.